The molecule has 2 saturated heterocycles. The highest BCUT2D eigenvalue weighted by Crippen LogP contribution is 2.12. The molecule has 1 amide bonds. The summed E-state index contributed by atoms with van der Waals surface area (Å²) in [5, 5.41) is 3.41. The molecule has 3 heterocycles. The number of ether oxygens (including phenoxy) is 1. The zero-order chi connectivity index (χ0) is 16.8. The highest BCUT2D eigenvalue weighted by atomic mass is 127. The summed E-state index contributed by atoms with van der Waals surface area (Å²) in [6.45, 7) is 4.51. The maximum Gasteiger partial charge on any atom is 0.289 e. The Kier molecular flexibility index (Phi) is 8.01. The van der Waals surface area contributed by atoms with Crippen LogP contribution < -0.4 is 5.32 Å². The first-order valence-corrected chi connectivity index (χ1v) is 8.68. The Hall–Kier alpha value is -1.29. The van der Waals surface area contributed by atoms with Crippen molar-refractivity contribution in [3.63, 3.8) is 0 Å². The SMILES string of the molecule is CN=C(NCC1CCCCO1)N1CCN(C(=O)c2ccco2)CC1.I. The van der Waals surface area contributed by atoms with Gasteiger partial charge in [0.2, 0.25) is 0 Å². The first kappa shape index (κ1) is 20.0. The Morgan fingerprint density at radius 3 is 2.64 bits per heavy atom. The molecule has 7 nitrogen and oxygen atoms in total. The van der Waals surface area contributed by atoms with Gasteiger partial charge in [0.15, 0.2) is 11.7 Å². The summed E-state index contributed by atoms with van der Waals surface area (Å²) in [6, 6.07) is 3.45. The number of carbonyl (C=O) groups is 1. The summed E-state index contributed by atoms with van der Waals surface area (Å²) in [4.78, 5) is 20.7. The minimum Gasteiger partial charge on any atom is -0.459 e. The van der Waals surface area contributed by atoms with Crippen LogP contribution in [0.3, 0.4) is 0 Å². The van der Waals surface area contributed by atoms with E-state index >= 15 is 0 Å². The topological polar surface area (TPSA) is 70.3 Å². The molecule has 2 aliphatic rings. The molecule has 0 saturated carbocycles. The van der Waals surface area contributed by atoms with Gasteiger partial charge in [0.25, 0.3) is 5.91 Å². The predicted molar refractivity (Wildman–Crippen MR) is 107 cm³/mol. The molecule has 1 aromatic heterocycles. The number of amides is 1. The van der Waals surface area contributed by atoms with E-state index in [4.69, 9.17) is 9.15 Å². The molecule has 0 radical (unpaired) electrons. The molecule has 1 atom stereocenters. The van der Waals surface area contributed by atoms with Crippen molar-refractivity contribution in [3.05, 3.63) is 24.2 Å². The molecule has 140 valence electrons. The second-order valence-electron chi connectivity index (χ2n) is 6.17. The smallest absolute Gasteiger partial charge is 0.289 e. The Bertz CT molecular complexity index is 550. The fourth-order valence-electron chi connectivity index (χ4n) is 3.18. The van der Waals surface area contributed by atoms with Gasteiger partial charge in [0.1, 0.15) is 0 Å². The summed E-state index contributed by atoms with van der Waals surface area (Å²) < 4.78 is 10.9. The van der Waals surface area contributed by atoms with Gasteiger partial charge in [0, 0.05) is 46.4 Å². The molecule has 3 rings (SSSR count). The van der Waals surface area contributed by atoms with E-state index in [2.05, 4.69) is 15.2 Å². The normalized spacial score (nSPS) is 21.6. The third kappa shape index (κ3) is 5.34. The maximum atomic E-state index is 12.3. The summed E-state index contributed by atoms with van der Waals surface area (Å²) in [6.07, 6.45) is 5.31. The van der Waals surface area contributed by atoms with E-state index in [1.54, 1.807) is 19.2 Å². The van der Waals surface area contributed by atoms with Crippen molar-refractivity contribution in [1.29, 1.82) is 0 Å². The summed E-state index contributed by atoms with van der Waals surface area (Å²) in [7, 11) is 1.80. The molecular weight excluding hydrogens is 435 g/mol. The molecule has 0 bridgehead atoms. The fourth-order valence-corrected chi connectivity index (χ4v) is 3.18. The van der Waals surface area contributed by atoms with Crippen LogP contribution in [0.4, 0.5) is 0 Å². The van der Waals surface area contributed by atoms with Crippen molar-refractivity contribution in [2.45, 2.75) is 25.4 Å². The summed E-state index contributed by atoms with van der Waals surface area (Å²) in [5.41, 5.74) is 0. The van der Waals surface area contributed by atoms with Gasteiger partial charge in [0.05, 0.1) is 12.4 Å². The van der Waals surface area contributed by atoms with Gasteiger partial charge >= 0.3 is 0 Å². The second-order valence-corrected chi connectivity index (χ2v) is 6.17. The largest absolute Gasteiger partial charge is 0.459 e. The monoisotopic (exact) mass is 462 g/mol. The van der Waals surface area contributed by atoms with Crippen LogP contribution in [0.2, 0.25) is 0 Å². The Labute approximate surface area is 165 Å². The number of nitrogens with zero attached hydrogens (tertiary/aromatic N) is 3. The van der Waals surface area contributed by atoms with Crippen LogP contribution in [0.15, 0.2) is 27.8 Å². The van der Waals surface area contributed by atoms with E-state index in [0.717, 1.165) is 45.0 Å². The van der Waals surface area contributed by atoms with Crippen LogP contribution in [0.25, 0.3) is 0 Å². The van der Waals surface area contributed by atoms with E-state index in [1.165, 1.54) is 12.7 Å². The molecule has 0 aliphatic carbocycles. The molecule has 8 heteroatoms. The predicted octanol–water partition coefficient (Wildman–Crippen LogP) is 1.80. The second kappa shape index (κ2) is 10.0. The lowest BCUT2D eigenvalue weighted by Gasteiger charge is -2.36. The van der Waals surface area contributed by atoms with Crippen molar-refractivity contribution in [3.8, 4) is 0 Å². The minimum atomic E-state index is -0.0433. The summed E-state index contributed by atoms with van der Waals surface area (Å²) >= 11 is 0. The molecule has 25 heavy (non-hydrogen) atoms. The van der Waals surface area contributed by atoms with Crippen molar-refractivity contribution in [1.82, 2.24) is 15.1 Å². The lowest BCUT2D eigenvalue weighted by molar-refractivity contribution is 0.0189. The van der Waals surface area contributed by atoms with E-state index in [9.17, 15) is 4.79 Å². The van der Waals surface area contributed by atoms with Gasteiger partial charge in [-0.25, -0.2) is 0 Å². The third-order valence-electron chi connectivity index (χ3n) is 4.57. The van der Waals surface area contributed by atoms with Crippen molar-refractivity contribution < 1.29 is 13.9 Å². The van der Waals surface area contributed by atoms with Gasteiger partial charge < -0.3 is 24.3 Å². The number of piperazine rings is 1. The van der Waals surface area contributed by atoms with Crippen LogP contribution in [0, 0.1) is 0 Å². The third-order valence-corrected chi connectivity index (χ3v) is 4.57. The number of hydrogen-bond donors (Lipinski definition) is 1. The van der Waals surface area contributed by atoms with Gasteiger partial charge in [-0.1, -0.05) is 0 Å². The molecule has 2 aliphatic heterocycles. The average molecular weight is 462 g/mol. The molecule has 0 spiro atoms. The number of nitrogens with one attached hydrogen (secondary N) is 1. The van der Waals surface area contributed by atoms with Gasteiger partial charge in [-0.3, -0.25) is 9.79 Å². The molecule has 1 unspecified atom stereocenters. The molecular formula is C17H27IN4O3. The Morgan fingerprint density at radius 1 is 1.28 bits per heavy atom. The zero-order valence-corrected chi connectivity index (χ0v) is 17.0. The van der Waals surface area contributed by atoms with Crippen LogP contribution in [0.5, 0.6) is 0 Å². The van der Waals surface area contributed by atoms with Crippen molar-refractivity contribution >= 4 is 35.8 Å². The van der Waals surface area contributed by atoms with E-state index in [1.807, 2.05) is 4.90 Å². The quantitative estimate of drug-likeness (QED) is 0.422. The van der Waals surface area contributed by atoms with E-state index in [0.29, 0.717) is 18.8 Å². The van der Waals surface area contributed by atoms with Gasteiger partial charge in [-0.15, -0.1) is 24.0 Å². The number of carbonyl (C=O) groups excluding carboxylic acids is 1. The first-order chi connectivity index (χ1) is 11.8. The van der Waals surface area contributed by atoms with Gasteiger partial charge in [-0.05, 0) is 31.4 Å². The molecule has 0 aromatic carbocycles. The van der Waals surface area contributed by atoms with Crippen LogP contribution in [-0.4, -0.2) is 74.1 Å². The van der Waals surface area contributed by atoms with E-state index < -0.39 is 0 Å². The summed E-state index contributed by atoms with van der Waals surface area (Å²) in [5.74, 6) is 1.24. The number of rotatable bonds is 3. The lowest BCUT2D eigenvalue weighted by atomic mass is 10.1. The maximum absolute atomic E-state index is 12.3. The van der Waals surface area contributed by atoms with Gasteiger partial charge in [-0.2, -0.15) is 0 Å². The molecule has 1 N–H and O–H groups in total. The fraction of sp³-hybridized carbons (Fsp3) is 0.647. The van der Waals surface area contributed by atoms with E-state index in [-0.39, 0.29) is 36.0 Å². The Morgan fingerprint density at radius 2 is 2.04 bits per heavy atom. The number of guanidine groups is 1. The lowest BCUT2D eigenvalue weighted by Crippen LogP contribution is -2.54. The highest BCUT2D eigenvalue weighted by molar-refractivity contribution is 14.0. The Balaban J connectivity index is 0.00000225. The molecule has 2 fully saturated rings. The highest BCUT2D eigenvalue weighted by Gasteiger charge is 2.25. The molecule has 1 aromatic rings. The number of hydrogen-bond acceptors (Lipinski definition) is 4. The van der Waals surface area contributed by atoms with Crippen molar-refractivity contribution in [2.75, 3.05) is 46.4 Å². The first-order valence-electron chi connectivity index (χ1n) is 8.68. The average Bonchev–Trinajstić information content (AvgIpc) is 3.18. The van der Waals surface area contributed by atoms with Crippen LogP contribution in [-0.2, 0) is 4.74 Å². The van der Waals surface area contributed by atoms with Crippen LogP contribution >= 0.6 is 24.0 Å². The standard InChI is InChI=1S/C17H26N4O3.HI/c1-18-17(19-13-14-5-2-3-11-23-14)21-9-7-20(8-10-21)16(22)15-6-4-12-24-15;/h4,6,12,14H,2-3,5,7-11,13H2,1H3,(H,18,19);1H. The van der Waals surface area contributed by atoms with Crippen LogP contribution in [0.1, 0.15) is 29.8 Å². The zero-order valence-electron chi connectivity index (χ0n) is 14.6. The van der Waals surface area contributed by atoms with Crippen molar-refractivity contribution in [2.24, 2.45) is 4.99 Å². The number of aliphatic imine (C=N–C) groups is 1. The number of furan rings is 1. The number of halogens is 1. The minimum absolute atomic E-state index is 0.